The van der Waals surface area contributed by atoms with Crippen molar-refractivity contribution in [2.45, 2.75) is 0 Å². The van der Waals surface area contributed by atoms with Crippen molar-refractivity contribution in [3.63, 3.8) is 0 Å². The Morgan fingerprint density at radius 1 is 0.722 bits per heavy atom. The van der Waals surface area contributed by atoms with Crippen molar-refractivity contribution in [1.82, 2.24) is 0 Å². The molecule has 0 aliphatic heterocycles. The van der Waals surface area contributed by atoms with Crippen LogP contribution in [-0.2, 0) is 0 Å². The van der Waals surface area contributed by atoms with Crippen LogP contribution in [0.15, 0.2) is 18.2 Å². The fourth-order valence-electron chi connectivity index (χ4n) is 1.04. The zero-order chi connectivity index (χ0) is 11.6. The first-order chi connectivity index (χ1) is 6.93. The molecule has 18 heavy (non-hydrogen) atoms. The van der Waals surface area contributed by atoms with Gasteiger partial charge in [0.2, 0.25) is 0 Å². The molecule has 102 valence electrons. The van der Waals surface area contributed by atoms with E-state index in [-0.39, 0.29) is 42.8 Å². The molecule has 0 amide bonds. The number of rotatable bonds is 3. The molecule has 0 aliphatic carbocycles. The third-order valence-electron chi connectivity index (χ3n) is 1.73. The van der Waals surface area contributed by atoms with E-state index in [1.165, 1.54) is 0 Å². The number of carboxylic acids is 3. The lowest BCUT2D eigenvalue weighted by Crippen LogP contribution is -2.10. The van der Waals surface area contributed by atoms with Gasteiger partial charge in [0, 0.05) is 0 Å². The van der Waals surface area contributed by atoms with Gasteiger partial charge < -0.3 is 15.3 Å². The number of hydrogen-bond donors (Lipinski definition) is 3. The lowest BCUT2D eigenvalue weighted by atomic mass is 10.0. The molecule has 1 aromatic carbocycles. The fraction of sp³-hybridized carbons (Fsp3) is 0. The quantitative estimate of drug-likeness (QED) is 0.786. The van der Waals surface area contributed by atoms with Gasteiger partial charge in [0.05, 0.1) is 16.7 Å². The molecule has 0 aliphatic rings. The van der Waals surface area contributed by atoms with Gasteiger partial charge in [-0.05, 0) is 18.2 Å². The Labute approximate surface area is 120 Å². The summed E-state index contributed by atoms with van der Waals surface area (Å²) < 4.78 is 0. The van der Waals surface area contributed by atoms with Crippen LogP contribution >= 0.6 is 37.2 Å². The largest absolute Gasteiger partial charge is 0.478 e. The second-order valence-corrected chi connectivity index (χ2v) is 2.68. The van der Waals surface area contributed by atoms with Crippen molar-refractivity contribution in [3.8, 4) is 0 Å². The number of hydrogen-bond acceptors (Lipinski definition) is 3. The van der Waals surface area contributed by atoms with Gasteiger partial charge in [-0.25, -0.2) is 14.4 Å². The van der Waals surface area contributed by atoms with Crippen LogP contribution in [0.2, 0.25) is 0 Å². The van der Waals surface area contributed by atoms with E-state index in [2.05, 4.69) is 0 Å². The summed E-state index contributed by atoms with van der Waals surface area (Å²) in [6.45, 7) is 0. The molecule has 0 unspecified atom stereocenters. The van der Waals surface area contributed by atoms with Crippen LogP contribution in [0.5, 0.6) is 0 Å². The molecule has 0 fully saturated rings. The molecule has 0 saturated carbocycles. The van der Waals surface area contributed by atoms with E-state index in [0.29, 0.717) is 0 Å². The molecule has 1 rings (SSSR count). The SMILES string of the molecule is Cl.Cl.Cl.O=C(O)c1ccc(C(=O)O)c(C(=O)O)c1. The van der Waals surface area contributed by atoms with Crippen molar-refractivity contribution >= 4 is 55.1 Å². The molecule has 0 bridgehead atoms. The van der Waals surface area contributed by atoms with Crippen molar-refractivity contribution in [3.05, 3.63) is 34.9 Å². The Morgan fingerprint density at radius 2 is 1.17 bits per heavy atom. The minimum Gasteiger partial charge on any atom is -0.478 e. The van der Waals surface area contributed by atoms with Crippen LogP contribution in [0, 0.1) is 0 Å². The molecule has 0 heterocycles. The zero-order valence-corrected chi connectivity index (χ0v) is 11.0. The number of halogens is 3. The third-order valence-corrected chi connectivity index (χ3v) is 1.73. The maximum atomic E-state index is 10.6. The Morgan fingerprint density at radius 3 is 1.50 bits per heavy atom. The third kappa shape index (κ3) is 4.79. The van der Waals surface area contributed by atoms with E-state index in [0.717, 1.165) is 18.2 Å². The summed E-state index contributed by atoms with van der Waals surface area (Å²) in [5.74, 6) is -4.20. The minimum atomic E-state index is -1.48. The second-order valence-electron chi connectivity index (χ2n) is 2.68. The summed E-state index contributed by atoms with van der Waals surface area (Å²) in [6.07, 6.45) is 0. The van der Waals surface area contributed by atoms with Gasteiger partial charge in [-0.3, -0.25) is 0 Å². The average Bonchev–Trinajstić information content (AvgIpc) is 2.16. The number of aromatic carboxylic acids is 3. The van der Waals surface area contributed by atoms with Gasteiger partial charge in [0.15, 0.2) is 0 Å². The van der Waals surface area contributed by atoms with E-state index < -0.39 is 29.0 Å². The van der Waals surface area contributed by atoms with E-state index in [9.17, 15) is 14.4 Å². The maximum Gasteiger partial charge on any atom is 0.336 e. The molecule has 6 nitrogen and oxygen atoms in total. The summed E-state index contributed by atoms with van der Waals surface area (Å²) in [4.78, 5) is 31.8. The molecule has 3 N–H and O–H groups in total. The van der Waals surface area contributed by atoms with Gasteiger partial charge >= 0.3 is 17.9 Å². The van der Waals surface area contributed by atoms with E-state index in [1.807, 2.05) is 0 Å². The molecule has 0 saturated heterocycles. The van der Waals surface area contributed by atoms with E-state index in [4.69, 9.17) is 15.3 Å². The molecule has 1 aromatic rings. The van der Waals surface area contributed by atoms with Crippen molar-refractivity contribution in [2.24, 2.45) is 0 Å². The summed E-state index contributed by atoms with van der Waals surface area (Å²) >= 11 is 0. The predicted molar refractivity (Wildman–Crippen MR) is 69.1 cm³/mol. The standard InChI is InChI=1S/C9H6O6.3ClH/c10-7(11)4-1-2-5(8(12)13)6(3-4)9(14)15;;;/h1-3H,(H,10,11)(H,12,13)(H,14,15);3*1H. The van der Waals surface area contributed by atoms with Gasteiger partial charge in [-0.2, -0.15) is 0 Å². The molecule has 9 heteroatoms. The Bertz CT molecular complexity index is 460. The highest BCUT2D eigenvalue weighted by molar-refractivity contribution is 6.03. The van der Waals surface area contributed by atoms with E-state index in [1.54, 1.807) is 0 Å². The highest BCUT2D eigenvalue weighted by Gasteiger charge is 2.17. The van der Waals surface area contributed by atoms with Crippen LogP contribution in [0.3, 0.4) is 0 Å². The first-order valence-corrected chi connectivity index (χ1v) is 3.77. The Hall–Kier alpha value is -1.50. The summed E-state index contributed by atoms with van der Waals surface area (Å²) in [5.41, 5.74) is -1.24. The van der Waals surface area contributed by atoms with Crippen molar-refractivity contribution in [2.75, 3.05) is 0 Å². The summed E-state index contributed by atoms with van der Waals surface area (Å²) in [7, 11) is 0. The van der Waals surface area contributed by atoms with Crippen LogP contribution in [0.1, 0.15) is 31.1 Å². The fourth-order valence-corrected chi connectivity index (χ4v) is 1.04. The Balaban J connectivity index is -0.000000750. The summed E-state index contributed by atoms with van der Waals surface area (Å²) in [6, 6.07) is 2.81. The lowest BCUT2D eigenvalue weighted by molar-refractivity contribution is 0.0649. The average molecular weight is 320 g/mol. The molecule has 0 radical (unpaired) electrons. The van der Waals surface area contributed by atoms with Crippen molar-refractivity contribution < 1.29 is 29.7 Å². The Kier molecular flexibility index (Phi) is 10.4. The molecule has 0 atom stereocenters. The van der Waals surface area contributed by atoms with Gasteiger partial charge in [-0.15, -0.1) is 37.2 Å². The zero-order valence-electron chi connectivity index (χ0n) is 8.52. The van der Waals surface area contributed by atoms with Crippen LogP contribution in [0.25, 0.3) is 0 Å². The predicted octanol–water partition coefficient (Wildman–Crippen LogP) is 2.05. The van der Waals surface area contributed by atoms with Crippen LogP contribution in [-0.4, -0.2) is 33.2 Å². The number of carbonyl (C=O) groups is 3. The first kappa shape index (κ1) is 21.8. The highest BCUT2D eigenvalue weighted by atomic mass is 35.5. The molecular formula is C9H9Cl3O6. The smallest absolute Gasteiger partial charge is 0.336 e. The monoisotopic (exact) mass is 318 g/mol. The van der Waals surface area contributed by atoms with Crippen LogP contribution in [0.4, 0.5) is 0 Å². The molecule has 0 spiro atoms. The molecule has 0 aromatic heterocycles. The minimum absolute atomic E-state index is 0. The van der Waals surface area contributed by atoms with Gasteiger partial charge in [-0.1, -0.05) is 0 Å². The second kappa shape index (κ2) is 8.57. The topological polar surface area (TPSA) is 112 Å². The van der Waals surface area contributed by atoms with Gasteiger partial charge in [0.1, 0.15) is 0 Å². The molecular weight excluding hydrogens is 310 g/mol. The van der Waals surface area contributed by atoms with Crippen molar-refractivity contribution in [1.29, 1.82) is 0 Å². The number of carboxylic acid groups (broad SMARTS) is 3. The summed E-state index contributed by atoms with van der Waals surface area (Å²) in [5, 5.41) is 25.9. The maximum absolute atomic E-state index is 10.6. The normalized spacial score (nSPS) is 8.00. The highest BCUT2D eigenvalue weighted by Crippen LogP contribution is 2.12. The van der Waals surface area contributed by atoms with Gasteiger partial charge in [0.25, 0.3) is 0 Å². The van der Waals surface area contributed by atoms with E-state index >= 15 is 0 Å². The number of benzene rings is 1. The lowest BCUT2D eigenvalue weighted by Gasteiger charge is -2.02. The first-order valence-electron chi connectivity index (χ1n) is 3.77. The van der Waals surface area contributed by atoms with Crippen LogP contribution < -0.4 is 0 Å².